The average molecular weight is 343 g/mol. The molecule has 0 aliphatic carbocycles. The highest BCUT2D eigenvalue weighted by molar-refractivity contribution is 7.88. The summed E-state index contributed by atoms with van der Waals surface area (Å²) in [5.74, 6) is -0.120. The van der Waals surface area contributed by atoms with Crippen molar-refractivity contribution in [3.8, 4) is 0 Å². The predicted molar refractivity (Wildman–Crippen MR) is 80.7 cm³/mol. The maximum Gasteiger partial charge on any atom is 0.247 e. The number of halogens is 2. The Labute approximate surface area is 132 Å². The lowest BCUT2D eigenvalue weighted by atomic mass is 10.0. The van der Waals surface area contributed by atoms with E-state index in [1.165, 1.54) is 24.5 Å². The van der Waals surface area contributed by atoms with Gasteiger partial charge in [0.1, 0.15) is 17.3 Å². The molecule has 8 heteroatoms. The summed E-state index contributed by atoms with van der Waals surface area (Å²) in [7, 11) is -3.68. The van der Waals surface area contributed by atoms with Crippen LogP contribution < -0.4 is 0 Å². The van der Waals surface area contributed by atoms with Crippen molar-refractivity contribution in [3.05, 3.63) is 58.8 Å². The minimum atomic E-state index is -3.68. The molecule has 3 rings (SSSR count). The highest BCUT2D eigenvalue weighted by atomic mass is 35.5. The Hall–Kier alpha value is -1.86. The van der Waals surface area contributed by atoms with E-state index in [4.69, 9.17) is 16.0 Å². The van der Waals surface area contributed by atoms with Crippen LogP contribution in [0, 0.1) is 5.82 Å². The number of sulfonamides is 1. The quantitative estimate of drug-likeness (QED) is 0.860. The van der Waals surface area contributed by atoms with Crippen molar-refractivity contribution in [1.82, 2.24) is 4.41 Å². The largest absolute Gasteiger partial charge is 0.463 e. The second kappa shape index (κ2) is 5.40. The smallest absolute Gasteiger partial charge is 0.247 e. The molecule has 0 N–H and O–H groups in total. The standard InChI is InChI=1S/C14H12ClFN2O3S/c1-22(19,20)18-12(14-9(15)4-2-5-10(14)16)8-11(17-18)13-6-3-7-21-13/h2-7,12H,8H2,1H3/t12-/m1/s1. The molecule has 5 nitrogen and oxygen atoms in total. The van der Waals surface area contributed by atoms with Crippen molar-refractivity contribution in [3.63, 3.8) is 0 Å². The molecule has 0 spiro atoms. The Morgan fingerprint density at radius 2 is 2.14 bits per heavy atom. The molecule has 1 aliphatic heterocycles. The fourth-order valence-corrected chi connectivity index (χ4v) is 3.61. The van der Waals surface area contributed by atoms with Gasteiger partial charge in [0.2, 0.25) is 10.0 Å². The molecule has 0 fully saturated rings. The third kappa shape index (κ3) is 2.62. The average Bonchev–Trinajstić information content (AvgIpc) is 3.06. The van der Waals surface area contributed by atoms with E-state index < -0.39 is 21.9 Å². The van der Waals surface area contributed by atoms with Crippen LogP contribution in [0.2, 0.25) is 5.02 Å². The Morgan fingerprint density at radius 1 is 1.36 bits per heavy atom. The molecular weight excluding hydrogens is 331 g/mol. The van der Waals surface area contributed by atoms with Gasteiger partial charge in [0.15, 0.2) is 0 Å². The van der Waals surface area contributed by atoms with Crippen LogP contribution in [-0.4, -0.2) is 24.8 Å². The Bertz CT molecular complexity index is 814. The summed E-state index contributed by atoms with van der Waals surface area (Å²) in [6.07, 6.45) is 2.66. The van der Waals surface area contributed by atoms with Crippen LogP contribution in [0.25, 0.3) is 0 Å². The molecular formula is C14H12ClFN2O3S. The van der Waals surface area contributed by atoms with Crippen molar-refractivity contribution in [2.75, 3.05) is 6.26 Å². The first kappa shape index (κ1) is 15.1. The lowest BCUT2D eigenvalue weighted by molar-refractivity contribution is 0.365. The lowest BCUT2D eigenvalue weighted by Gasteiger charge is -2.22. The molecule has 1 aliphatic rings. The van der Waals surface area contributed by atoms with Crippen LogP contribution in [0.1, 0.15) is 23.8 Å². The first-order valence-corrected chi connectivity index (χ1v) is 8.65. The van der Waals surface area contributed by atoms with Crippen molar-refractivity contribution in [2.45, 2.75) is 12.5 Å². The van der Waals surface area contributed by atoms with E-state index in [1.54, 1.807) is 12.1 Å². The number of rotatable bonds is 3. The van der Waals surface area contributed by atoms with Crippen LogP contribution in [0.15, 0.2) is 46.1 Å². The number of benzene rings is 1. The van der Waals surface area contributed by atoms with Crippen LogP contribution in [-0.2, 0) is 10.0 Å². The first-order valence-electron chi connectivity index (χ1n) is 6.42. The van der Waals surface area contributed by atoms with Crippen LogP contribution in [0.3, 0.4) is 0 Å². The van der Waals surface area contributed by atoms with E-state index in [-0.39, 0.29) is 17.0 Å². The molecule has 1 atom stereocenters. The van der Waals surface area contributed by atoms with Gasteiger partial charge in [-0.15, -0.1) is 0 Å². The van der Waals surface area contributed by atoms with Crippen molar-refractivity contribution in [2.24, 2.45) is 5.10 Å². The number of furan rings is 1. The second-order valence-corrected chi connectivity index (χ2v) is 7.16. The first-order chi connectivity index (χ1) is 10.4. The monoisotopic (exact) mass is 342 g/mol. The highest BCUT2D eigenvalue weighted by Crippen LogP contribution is 2.39. The molecule has 2 heterocycles. The van der Waals surface area contributed by atoms with E-state index in [2.05, 4.69) is 5.10 Å². The second-order valence-electron chi connectivity index (χ2n) is 4.91. The number of hydrazone groups is 1. The molecule has 0 radical (unpaired) electrons. The summed E-state index contributed by atoms with van der Waals surface area (Å²) in [5, 5.41) is 4.25. The number of hydrogen-bond acceptors (Lipinski definition) is 4. The molecule has 0 amide bonds. The van der Waals surface area contributed by atoms with Gasteiger partial charge in [-0.2, -0.15) is 9.52 Å². The topological polar surface area (TPSA) is 62.9 Å². The maximum absolute atomic E-state index is 14.2. The SMILES string of the molecule is CS(=O)(=O)N1N=C(c2ccco2)C[C@@H]1c1c(F)cccc1Cl. The summed E-state index contributed by atoms with van der Waals surface area (Å²) in [5.41, 5.74) is 0.541. The molecule has 0 bridgehead atoms. The van der Waals surface area contributed by atoms with E-state index in [1.807, 2.05) is 0 Å². The van der Waals surface area contributed by atoms with Gasteiger partial charge in [0, 0.05) is 17.0 Å². The van der Waals surface area contributed by atoms with Gasteiger partial charge in [-0.3, -0.25) is 0 Å². The highest BCUT2D eigenvalue weighted by Gasteiger charge is 2.37. The van der Waals surface area contributed by atoms with Crippen molar-refractivity contribution >= 4 is 27.3 Å². The van der Waals surface area contributed by atoms with Gasteiger partial charge in [0.05, 0.1) is 18.6 Å². The predicted octanol–water partition coefficient (Wildman–Crippen LogP) is 3.18. The molecule has 116 valence electrons. The summed E-state index contributed by atoms with van der Waals surface area (Å²) in [6, 6.07) is 6.74. The fraction of sp³-hybridized carbons (Fsp3) is 0.214. The minimum Gasteiger partial charge on any atom is -0.463 e. The third-order valence-electron chi connectivity index (χ3n) is 3.35. The van der Waals surface area contributed by atoms with Gasteiger partial charge < -0.3 is 4.42 Å². The fourth-order valence-electron chi connectivity index (χ4n) is 2.43. The van der Waals surface area contributed by atoms with E-state index in [9.17, 15) is 12.8 Å². The van der Waals surface area contributed by atoms with Gasteiger partial charge in [-0.05, 0) is 24.3 Å². The minimum absolute atomic E-state index is 0.111. The Morgan fingerprint density at radius 3 is 2.73 bits per heavy atom. The van der Waals surface area contributed by atoms with Gasteiger partial charge >= 0.3 is 0 Å². The zero-order chi connectivity index (χ0) is 15.9. The molecule has 1 aromatic heterocycles. The van der Waals surface area contributed by atoms with E-state index >= 15 is 0 Å². The maximum atomic E-state index is 14.2. The summed E-state index contributed by atoms with van der Waals surface area (Å²) in [6.45, 7) is 0. The number of hydrogen-bond donors (Lipinski definition) is 0. The van der Waals surface area contributed by atoms with Crippen LogP contribution >= 0.6 is 11.6 Å². The molecule has 0 saturated carbocycles. The van der Waals surface area contributed by atoms with Crippen molar-refractivity contribution < 1.29 is 17.2 Å². The molecule has 2 aromatic rings. The molecule has 0 unspecified atom stereocenters. The molecule has 22 heavy (non-hydrogen) atoms. The Kier molecular flexibility index (Phi) is 3.70. The molecule has 0 saturated heterocycles. The third-order valence-corrected chi connectivity index (χ3v) is 4.70. The van der Waals surface area contributed by atoms with Crippen molar-refractivity contribution in [1.29, 1.82) is 0 Å². The van der Waals surface area contributed by atoms with Gasteiger partial charge in [-0.1, -0.05) is 17.7 Å². The summed E-state index contributed by atoms with van der Waals surface area (Å²) >= 11 is 6.06. The van der Waals surface area contributed by atoms with Gasteiger partial charge in [-0.25, -0.2) is 12.8 Å². The zero-order valence-corrected chi connectivity index (χ0v) is 13.1. The molecule has 1 aromatic carbocycles. The van der Waals surface area contributed by atoms with Crippen LogP contribution in [0.5, 0.6) is 0 Å². The summed E-state index contributed by atoms with van der Waals surface area (Å²) in [4.78, 5) is 0. The number of nitrogens with zero attached hydrogens (tertiary/aromatic N) is 2. The van der Waals surface area contributed by atoms with E-state index in [0.29, 0.717) is 11.5 Å². The normalized spacial score (nSPS) is 18.6. The summed E-state index contributed by atoms with van der Waals surface area (Å²) < 4.78 is 44.2. The van der Waals surface area contributed by atoms with E-state index in [0.717, 1.165) is 10.7 Å². The van der Waals surface area contributed by atoms with Crippen LogP contribution in [0.4, 0.5) is 4.39 Å². The lowest BCUT2D eigenvalue weighted by Crippen LogP contribution is -2.26. The van der Waals surface area contributed by atoms with Gasteiger partial charge in [0.25, 0.3) is 0 Å². The zero-order valence-electron chi connectivity index (χ0n) is 11.5. The Balaban J connectivity index is 2.09.